The molecular formula is C12H16N2O3. The number of carbonyl (C=O) groups is 1. The van der Waals surface area contributed by atoms with Crippen molar-refractivity contribution in [1.29, 1.82) is 0 Å². The Hall–Kier alpha value is -1.75. The second-order valence-corrected chi connectivity index (χ2v) is 4.74. The van der Waals surface area contributed by atoms with Crippen LogP contribution in [0.3, 0.4) is 0 Å². The fourth-order valence-electron chi connectivity index (χ4n) is 1.45. The van der Waals surface area contributed by atoms with Gasteiger partial charge in [-0.1, -0.05) is 0 Å². The third-order valence-electron chi connectivity index (χ3n) is 2.34. The highest BCUT2D eigenvalue weighted by atomic mass is 16.7. The number of benzene rings is 1. The number of nitrogens with one attached hydrogen (secondary N) is 1. The summed E-state index contributed by atoms with van der Waals surface area (Å²) in [6.45, 7) is 4.33. The molecule has 5 heteroatoms. The topological polar surface area (TPSA) is 73.6 Å². The lowest BCUT2D eigenvalue weighted by atomic mass is 10.1. The van der Waals surface area contributed by atoms with Gasteiger partial charge in [0.05, 0.1) is 0 Å². The molecule has 0 atom stereocenters. The Morgan fingerprint density at radius 2 is 2.12 bits per heavy atom. The average Bonchev–Trinajstić information content (AvgIpc) is 2.71. The van der Waals surface area contributed by atoms with Crippen LogP contribution < -0.4 is 20.5 Å². The van der Waals surface area contributed by atoms with Crippen molar-refractivity contribution in [2.75, 3.05) is 13.3 Å². The molecule has 0 saturated heterocycles. The van der Waals surface area contributed by atoms with Crippen LogP contribution in [-0.4, -0.2) is 24.8 Å². The van der Waals surface area contributed by atoms with Gasteiger partial charge in [-0.25, -0.2) is 0 Å². The Kier molecular flexibility index (Phi) is 2.93. The molecule has 92 valence electrons. The molecule has 1 aromatic rings. The van der Waals surface area contributed by atoms with Crippen LogP contribution in [0.25, 0.3) is 0 Å². The minimum absolute atomic E-state index is 0.165. The van der Waals surface area contributed by atoms with Gasteiger partial charge in [-0.15, -0.1) is 0 Å². The van der Waals surface area contributed by atoms with Gasteiger partial charge in [-0.05, 0) is 32.0 Å². The Morgan fingerprint density at radius 3 is 2.82 bits per heavy atom. The number of amides is 1. The number of nitrogens with two attached hydrogens (primary N) is 1. The Bertz CT molecular complexity index is 438. The maximum absolute atomic E-state index is 11.8. The van der Waals surface area contributed by atoms with E-state index in [0.29, 0.717) is 23.6 Å². The molecule has 1 amide bonds. The molecule has 3 N–H and O–H groups in total. The summed E-state index contributed by atoms with van der Waals surface area (Å²) in [4.78, 5) is 11.8. The largest absolute Gasteiger partial charge is 0.454 e. The van der Waals surface area contributed by atoms with Gasteiger partial charge in [0, 0.05) is 17.6 Å². The van der Waals surface area contributed by atoms with E-state index in [9.17, 15) is 4.79 Å². The van der Waals surface area contributed by atoms with Crippen LogP contribution in [0.1, 0.15) is 24.2 Å². The van der Waals surface area contributed by atoms with E-state index in [2.05, 4.69) is 5.32 Å². The Labute approximate surface area is 99.9 Å². The lowest BCUT2D eigenvalue weighted by Gasteiger charge is -2.18. The number of rotatable bonds is 3. The van der Waals surface area contributed by atoms with E-state index in [1.165, 1.54) is 0 Å². The SMILES string of the molecule is CC(C)(N)CNC(=O)c1ccc2c(c1)OCO2. The molecule has 1 aliphatic rings. The summed E-state index contributed by atoms with van der Waals surface area (Å²) in [6, 6.07) is 5.10. The van der Waals surface area contributed by atoms with Crippen molar-refractivity contribution in [3.8, 4) is 11.5 Å². The first-order valence-corrected chi connectivity index (χ1v) is 5.42. The van der Waals surface area contributed by atoms with E-state index in [-0.39, 0.29) is 12.7 Å². The summed E-state index contributed by atoms with van der Waals surface area (Å²) < 4.78 is 10.4. The molecule has 0 aliphatic carbocycles. The van der Waals surface area contributed by atoms with Gasteiger partial charge in [0.15, 0.2) is 11.5 Å². The zero-order valence-electron chi connectivity index (χ0n) is 9.95. The normalized spacial score (nSPS) is 13.6. The summed E-state index contributed by atoms with van der Waals surface area (Å²) in [5.74, 6) is 1.10. The van der Waals surface area contributed by atoms with Crippen molar-refractivity contribution in [2.45, 2.75) is 19.4 Å². The molecule has 2 rings (SSSR count). The first-order valence-electron chi connectivity index (χ1n) is 5.42. The minimum Gasteiger partial charge on any atom is -0.454 e. The van der Waals surface area contributed by atoms with E-state index in [4.69, 9.17) is 15.2 Å². The highest BCUT2D eigenvalue weighted by Crippen LogP contribution is 2.32. The summed E-state index contributed by atoms with van der Waals surface area (Å²) >= 11 is 0. The standard InChI is InChI=1S/C12H16N2O3/c1-12(2,13)6-14-11(15)8-3-4-9-10(5-8)17-7-16-9/h3-5H,6-7,13H2,1-2H3,(H,14,15). The molecule has 0 spiro atoms. The molecule has 5 nitrogen and oxygen atoms in total. The van der Waals surface area contributed by atoms with Crippen LogP contribution in [-0.2, 0) is 0 Å². The maximum Gasteiger partial charge on any atom is 0.251 e. The molecule has 0 saturated carbocycles. The molecule has 17 heavy (non-hydrogen) atoms. The molecule has 1 heterocycles. The van der Waals surface area contributed by atoms with Crippen molar-refractivity contribution in [3.63, 3.8) is 0 Å². The molecule has 1 aromatic carbocycles. The van der Waals surface area contributed by atoms with E-state index in [0.717, 1.165) is 0 Å². The molecular weight excluding hydrogens is 220 g/mol. The zero-order valence-corrected chi connectivity index (χ0v) is 9.95. The molecule has 0 fully saturated rings. The Morgan fingerprint density at radius 1 is 1.41 bits per heavy atom. The number of carbonyl (C=O) groups excluding carboxylic acids is 1. The first kappa shape index (κ1) is 11.7. The van der Waals surface area contributed by atoms with Crippen molar-refractivity contribution in [3.05, 3.63) is 23.8 Å². The predicted octanol–water partition coefficient (Wildman–Crippen LogP) is 0.882. The van der Waals surface area contributed by atoms with Crippen molar-refractivity contribution in [1.82, 2.24) is 5.32 Å². The van der Waals surface area contributed by atoms with Crippen LogP contribution in [0.2, 0.25) is 0 Å². The lowest BCUT2D eigenvalue weighted by Crippen LogP contribution is -2.45. The van der Waals surface area contributed by atoms with Gasteiger partial charge in [0.1, 0.15) is 0 Å². The van der Waals surface area contributed by atoms with Crippen molar-refractivity contribution in [2.24, 2.45) is 5.73 Å². The van der Waals surface area contributed by atoms with Gasteiger partial charge in [0.25, 0.3) is 5.91 Å². The van der Waals surface area contributed by atoms with Gasteiger partial charge >= 0.3 is 0 Å². The third-order valence-corrected chi connectivity index (χ3v) is 2.34. The summed E-state index contributed by atoms with van der Waals surface area (Å²) in [7, 11) is 0. The summed E-state index contributed by atoms with van der Waals surface area (Å²) in [5, 5.41) is 2.77. The minimum atomic E-state index is -0.425. The second kappa shape index (κ2) is 4.25. The highest BCUT2D eigenvalue weighted by molar-refractivity contribution is 5.95. The van der Waals surface area contributed by atoms with Crippen LogP contribution in [0, 0.1) is 0 Å². The van der Waals surface area contributed by atoms with Crippen LogP contribution in [0.4, 0.5) is 0 Å². The van der Waals surface area contributed by atoms with E-state index in [1.807, 2.05) is 13.8 Å². The van der Waals surface area contributed by atoms with Crippen LogP contribution >= 0.6 is 0 Å². The highest BCUT2D eigenvalue weighted by Gasteiger charge is 2.17. The van der Waals surface area contributed by atoms with Crippen LogP contribution in [0.15, 0.2) is 18.2 Å². The molecule has 1 aliphatic heterocycles. The fraction of sp³-hybridized carbons (Fsp3) is 0.417. The summed E-state index contributed by atoms with van der Waals surface area (Å²) in [6.07, 6.45) is 0. The quantitative estimate of drug-likeness (QED) is 0.817. The van der Waals surface area contributed by atoms with E-state index in [1.54, 1.807) is 18.2 Å². The van der Waals surface area contributed by atoms with E-state index >= 15 is 0 Å². The lowest BCUT2D eigenvalue weighted by molar-refractivity contribution is 0.0945. The van der Waals surface area contributed by atoms with Gasteiger partial charge < -0.3 is 20.5 Å². The van der Waals surface area contributed by atoms with Crippen molar-refractivity contribution < 1.29 is 14.3 Å². The molecule has 0 unspecified atom stereocenters. The summed E-state index contributed by atoms with van der Waals surface area (Å²) in [5.41, 5.74) is 5.91. The maximum atomic E-state index is 11.8. The molecule has 0 aromatic heterocycles. The first-order chi connectivity index (χ1) is 7.96. The monoisotopic (exact) mass is 236 g/mol. The second-order valence-electron chi connectivity index (χ2n) is 4.74. The smallest absolute Gasteiger partial charge is 0.251 e. The van der Waals surface area contributed by atoms with Gasteiger partial charge in [0.2, 0.25) is 6.79 Å². The van der Waals surface area contributed by atoms with Crippen LogP contribution in [0.5, 0.6) is 11.5 Å². The van der Waals surface area contributed by atoms with Gasteiger partial charge in [-0.3, -0.25) is 4.79 Å². The average molecular weight is 236 g/mol. The third kappa shape index (κ3) is 2.88. The Balaban J connectivity index is 2.05. The number of hydrogen-bond acceptors (Lipinski definition) is 4. The number of hydrogen-bond donors (Lipinski definition) is 2. The fourth-order valence-corrected chi connectivity index (χ4v) is 1.45. The van der Waals surface area contributed by atoms with E-state index < -0.39 is 5.54 Å². The number of fused-ring (bicyclic) bond motifs is 1. The zero-order chi connectivity index (χ0) is 12.5. The van der Waals surface area contributed by atoms with Crippen molar-refractivity contribution >= 4 is 5.91 Å². The van der Waals surface area contributed by atoms with Gasteiger partial charge in [-0.2, -0.15) is 0 Å². The predicted molar refractivity (Wildman–Crippen MR) is 63.2 cm³/mol. The molecule has 0 bridgehead atoms. The number of ether oxygens (including phenoxy) is 2. The molecule has 0 radical (unpaired) electrons.